The lowest BCUT2D eigenvalue weighted by molar-refractivity contribution is 0.773. The Morgan fingerprint density at radius 2 is 2.20 bits per heavy atom. The van der Waals surface area contributed by atoms with Gasteiger partial charge < -0.3 is 0 Å². The Kier molecular flexibility index (Phi) is 6.96. The third kappa shape index (κ3) is 6.86. The van der Waals surface area contributed by atoms with Gasteiger partial charge >= 0.3 is 0 Å². The van der Waals surface area contributed by atoms with Crippen LogP contribution in [-0.4, -0.2) is 0 Å². The maximum absolute atomic E-state index is 4.93. The normalized spacial score (nSPS) is 7.10. The molecule has 0 aliphatic carbocycles. The summed E-state index contributed by atoms with van der Waals surface area (Å²) in [6, 6.07) is 0. The van der Waals surface area contributed by atoms with Gasteiger partial charge in [-0.3, -0.25) is 0 Å². The van der Waals surface area contributed by atoms with Gasteiger partial charge in [0.2, 0.25) is 0 Å². The van der Waals surface area contributed by atoms with Crippen LogP contribution in [0.5, 0.6) is 0 Å². The van der Waals surface area contributed by atoms with E-state index in [2.05, 4.69) is 24.3 Å². The maximum Gasteiger partial charge on any atom is 0.00990 e. The minimum Gasteiger partial charge on any atom is -0.106 e. The summed E-state index contributed by atoms with van der Waals surface area (Å²) in [5, 5.41) is 0. The van der Waals surface area contributed by atoms with Crippen molar-refractivity contribution in [1.29, 1.82) is 0 Å². The first-order valence-corrected chi connectivity index (χ1v) is 3.46. The van der Waals surface area contributed by atoms with Gasteiger partial charge in [-0.05, 0) is 31.1 Å². The Morgan fingerprint density at radius 1 is 1.40 bits per heavy atom. The average Bonchev–Trinajstić information content (AvgIpc) is 1.97. The van der Waals surface area contributed by atoms with Crippen molar-refractivity contribution in [3.8, 4) is 24.2 Å². The van der Waals surface area contributed by atoms with Crippen molar-refractivity contribution in [1.82, 2.24) is 0 Å². The molecule has 0 aromatic rings. The molecule has 0 aromatic carbocycles. The van der Waals surface area contributed by atoms with Crippen LogP contribution in [0.15, 0.2) is 12.7 Å². The molecule has 0 rings (SSSR count). The smallest absolute Gasteiger partial charge is 0.00990 e. The van der Waals surface area contributed by atoms with Gasteiger partial charge in [0.15, 0.2) is 0 Å². The number of allylic oxidation sites excluding steroid dienone is 1. The molecule has 0 aliphatic heterocycles. The van der Waals surface area contributed by atoms with Crippen LogP contribution in [-0.2, 0) is 0 Å². The van der Waals surface area contributed by atoms with Crippen LogP contribution in [0.3, 0.4) is 0 Å². The Morgan fingerprint density at radius 3 is 2.80 bits per heavy atom. The lowest BCUT2D eigenvalue weighted by atomic mass is 10.2. The summed E-state index contributed by atoms with van der Waals surface area (Å²) >= 11 is 0. The van der Waals surface area contributed by atoms with Crippen molar-refractivity contribution < 1.29 is 0 Å². The molecule has 0 saturated carbocycles. The molecule has 0 fully saturated rings. The highest BCUT2D eigenvalue weighted by Gasteiger charge is 1.80. The Bertz CT molecular complexity index is 170. The molecule has 10 heavy (non-hydrogen) atoms. The molecule has 0 saturated heterocycles. The summed E-state index contributed by atoms with van der Waals surface area (Å²) in [6.45, 7) is 3.63. The highest BCUT2D eigenvalue weighted by molar-refractivity contribution is 5.21. The van der Waals surface area contributed by atoms with Gasteiger partial charge in [0.1, 0.15) is 0 Å². The zero-order valence-corrected chi connectivity index (χ0v) is 6.19. The van der Waals surface area contributed by atoms with Crippen LogP contribution >= 0.6 is 0 Å². The zero-order valence-electron chi connectivity index (χ0n) is 6.19. The van der Waals surface area contributed by atoms with E-state index >= 15 is 0 Å². The van der Waals surface area contributed by atoms with Gasteiger partial charge in [0.05, 0.1) is 0 Å². The fourth-order valence-electron chi connectivity index (χ4n) is 0.616. The molecule has 0 spiro atoms. The van der Waals surface area contributed by atoms with E-state index in [1.54, 1.807) is 0 Å². The summed E-state index contributed by atoms with van der Waals surface area (Å²) in [6.07, 6.45) is 11.1. The van der Waals surface area contributed by atoms with Crippen molar-refractivity contribution in [2.45, 2.75) is 25.7 Å². The third-order valence-corrected chi connectivity index (χ3v) is 1.12. The molecule has 0 amide bonds. The van der Waals surface area contributed by atoms with E-state index in [1.807, 2.05) is 6.08 Å². The molecule has 0 radical (unpaired) electrons. The van der Waals surface area contributed by atoms with Crippen LogP contribution in [0.1, 0.15) is 25.7 Å². The highest BCUT2D eigenvalue weighted by atomic mass is 13.9. The largest absolute Gasteiger partial charge is 0.106 e. The molecular weight excluding hydrogens is 120 g/mol. The lowest BCUT2D eigenvalue weighted by Crippen LogP contribution is -1.71. The molecule has 0 nitrogen and oxygen atoms in total. The monoisotopic (exact) mass is 132 g/mol. The molecular formula is C10H12. The van der Waals surface area contributed by atoms with Crippen LogP contribution in [0.25, 0.3) is 0 Å². The summed E-state index contributed by atoms with van der Waals surface area (Å²) in [5.74, 6) is 7.73. The molecule has 0 atom stereocenters. The number of hydrogen-bond donors (Lipinski definition) is 0. The van der Waals surface area contributed by atoms with Gasteiger partial charge in [-0.15, -0.1) is 13.0 Å². The first-order chi connectivity index (χ1) is 4.91. The van der Waals surface area contributed by atoms with E-state index in [9.17, 15) is 0 Å². The fourth-order valence-corrected chi connectivity index (χ4v) is 0.616. The van der Waals surface area contributed by atoms with E-state index in [0.717, 1.165) is 19.3 Å². The molecule has 0 N–H and O–H groups in total. The molecule has 0 unspecified atom stereocenters. The van der Waals surface area contributed by atoms with Crippen LogP contribution in [0.2, 0.25) is 0 Å². The maximum atomic E-state index is 4.93. The molecule has 0 aromatic heterocycles. The number of unbranched alkanes of at least 4 members (excludes halogenated alkanes) is 3. The second kappa shape index (κ2) is 7.86. The van der Waals surface area contributed by atoms with Crippen molar-refractivity contribution in [3.63, 3.8) is 0 Å². The van der Waals surface area contributed by atoms with Gasteiger partial charge in [-0.2, -0.15) is 0 Å². The van der Waals surface area contributed by atoms with Gasteiger partial charge in [-0.1, -0.05) is 12.0 Å². The van der Waals surface area contributed by atoms with Crippen LogP contribution in [0, 0.1) is 24.2 Å². The number of rotatable bonds is 4. The molecule has 52 valence electrons. The minimum atomic E-state index is 0.915. The molecule has 0 bridgehead atoms. The Labute approximate surface area is 63.3 Å². The van der Waals surface area contributed by atoms with Crippen molar-refractivity contribution >= 4 is 0 Å². The summed E-state index contributed by atoms with van der Waals surface area (Å²) < 4.78 is 0. The molecule has 0 heterocycles. The van der Waals surface area contributed by atoms with E-state index in [1.165, 1.54) is 6.42 Å². The minimum absolute atomic E-state index is 0.915. The van der Waals surface area contributed by atoms with E-state index in [0.29, 0.717) is 0 Å². The molecule has 0 heteroatoms. The highest BCUT2D eigenvalue weighted by Crippen LogP contribution is 1.97. The van der Waals surface area contributed by atoms with E-state index in [-0.39, 0.29) is 0 Å². The third-order valence-electron chi connectivity index (χ3n) is 1.12. The predicted octanol–water partition coefficient (Wildman–Crippen LogP) is 2.37. The zero-order chi connectivity index (χ0) is 7.66. The standard InChI is InChI=1S/C10H12/c1-3-5-7-9-10-8-6-4-2/h1,4H,2,6,8-10H2. The van der Waals surface area contributed by atoms with Gasteiger partial charge in [0, 0.05) is 6.42 Å². The van der Waals surface area contributed by atoms with Crippen LogP contribution < -0.4 is 0 Å². The summed E-state index contributed by atoms with van der Waals surface area (Å²) in [4.78, 5) is 0. The number of hydrogen-bond acceptors (Lipinski definition) is 0. The summed E-state index contributed by atoms with van der Waals surface area (Å²) in [5.41, 5.74) is 0. The Balaban J connectivity index is 3.06. The van der Waals surface area contributed by atoms with Crippen LogP contribution in [0.4, 0.5) is 0 Å². The number of terminal acetylenes is 1. The topological polar surface area (TPSA) is 0 Å². The second-order valence-corrected chi connectivity index (χ2v) is 1.98. The SMILES string of the molecule is C#CC#CCCCCC=C. The Hall–Kier alpha value is -1.14. The predicted molar refractivity (Wildman–Crippen MR) is 45.3 cm³/mol. The van der Waals surface area contributed by atoms with E-state index in [4.69, 9.17) is 6.42 Å². The van der Waals surface area contributed by atoms with Crippen molar-refractivity contribution in [3.05, 3.63) is 12.7 Å². The molecule has 0 aliphatic rings. The van der Waals surface area contributed by atoms with Gasteiger partial charge in [-0.25, -0.2) is 0 Å². The van der Waals surface area contributed by atoms with Gasteiger partial charge in [0.25, 0.3) is 0 Å². The lowest BCUT2D eigenvalue weighted by Gasteiger charge is -1.88. The fraction of sp³-hybridized carbons (Fsp3) is 0.400. The second-order valence-electron chi connectivity index (χ2n) is 1.98. The van der Waals surface area contributed by atoms with E-state index < -0.39 is 0 Å². The summed E-state index contributed by atoms with van der Waals surface area (Å²) in [7, 11) is 0. The first kappa shape index (κ1) is 8.86. The average molecular weight is 132 g/mol. The van der Waals surface area contributed by atoms with Crippen molar-refractivity contribution in [2.75, 3.05) is 0 Å². The first-order valence-electron chi connectivity index (χ1n) is 3.46. The van der Waals surface area contributed by atoms with Crippen molar-refractivity contribution in [2.24, 2.45) is 0 Å². The quantitative estimate of drug-likeness (QED) is 0.313.